The van der Waals surface area contributed by atoms with Crippen molar-refractivity contribution in [3.8, 4) is 5.75 Å². The van der Waals surface area contributed by atoms with E-state index in [2.05, 4.69) is 29.2 Å². The van der Waals surface area contributed by atoms with Crippen molar-refractivity contribution >= 4 is 53.9 Å². The molecule has 1 saturated carbocycles. The minimum Gasteiger partial charge on any atom is -0.506 e. The molecular weight excluding hydrogens is 1270 g/mol. The topological polar surface area (TPSA) is 451 Å². The zero-order valence-electron chi connectivity index (χ0n) is 49.3. The number of azide groups is 1. The minimum atomic E-state index is -5.56. The number of aromatic hydroxyl groups is 1. The van der Waals surface area contributed by atoms with Gasteiger partial charge in [-0.25, -0.2) is 4.57 Å². The van der Waals surface area contributed by atoms with Crippen molar-refractivity contribution in [2.45, 2.75) is 272 Å². The maximum atomic E-state index is 13.9. The highest BCUT2D eigenvalue weighted by atomic mass is 127. The van der Waals surface area contributed by atoms with Crippen molar-refractivity contribution in [2.24, 2.45) is 10.8 Å². The molecule has 494 valence electrons. The van der Waals surface area contributed by atoms with E-state index in [1.165, 1.54) is 70.3 Å². The number of carbonyl (C=O) groups is 3. The predicted octanol–water partition coefficient (Wildman–Crippen LogP) is 4.47. The Morgan fingerprint density at radius 2 is 1.15 bits per heavy atom. The number of benzene rings is 1. The number of carbonyl (C=O) groups excluding carboxylic acids is 3. The Kier molecular flexibility index (Phi) is 35.1. The quantitative estimate of drug-likeness (QED) is 0.00818. The fraction of sp³-hybridized carbons (Fsp3) is 0.839. The number of nitrogens with zero attached hydrogens (tertiary/aromatic N) is 3. The van der Waals surface area contributed by atoms with E-state index in [4.69, 9.17) is 48.7 Å². The molecule has 2 saturated heterocycles. The summed E-state index contributed by atoms with van der Waals surface area (Å²) in [7, 11) is -5.56. The fourth-order valence-electron chi connectivity index (χ4n) is 10.3. The van der Waals surface area contributed by atoms with E-state index in [-0.39, 0.29) is 27.7 Å². The van der Waals surface area contributed by atoms with Gasteiger partial charge >= 0.3 is 19.8 Å². The highest BCUT2D eigenvalue weighted by Crippen LogP contribution is 2.48. The average Bonchev–Trinajstić information content (AvgIpc) is 1.13. The number of hydrogen-bond acceptors (Lipinski definition) is 24. The van der Waals surface area contributed by atoms with Crippen molar-refractivity contribution in [3.05, 3.63) is 31.7 Å². The smallest absolute Gasteiger partial charge is 0.472 e. The summed E-state index contributed by atoms with van der Waals surface area (Å²) in [5.74, 6) is -2.91. The van der Waals surface area contributed by atoms with Crippen LogP contribution in [0.3, 0.4) is 0 Å². The summed E-state index contributed by atoms with van der Waals surface area (Å²) >= 11 is 1.64. The summed E-state index contributed by atoms with van der Waals surface area (Å²) in [4.78, 5) is 53.5. The van der Waals surface area contributed by atoms with Gasteiger partial charge in [0.25, 0.3) is 5.91 Å². The molecule has 30 heteroatoms. The molecule has 0 bridgehead atoms. The lowest BCUT2D eigenvalue weighted by Crippen LogP contribution is -2.70. The average molecular weight is 1360 g/mol. The van der Waals surface area contributed by atoms with Crippen LogP contribution < -0.4 is 11.1 Å². The molecule has 1 aromatic rings. The first-order valence-corrected chi connectivity index (χ1v) is 33.0. The maximum absolute atomic E-state index is 13.9. The number of amides is 1. The lowest BCUT2D eigenvalue weighted by molar-refractivity contribution is -0.354. The van der Waals surface area contributed by atoms with Crippen LogP contribution in [0, 0.1) is 3.57 Å². The molecule has 4 rings (SSSR count). The molecule has 1 amide bonds. The number of nitrogens with one attached hydrogen (secondary N) is 1. The second-order valence-electron chi connectivity index (χ2n) is 22.4. The number of aliphatic hydroxyl groups is 9. The molecule has 0 spiro atoms. The summed E-state index contributed by atoms with van der Waals surface area (Å²) in [6.07, 6.45) is -8.90. The molecule has 3 aliphatic rings. The maximum Gasteiger partial charge on any atom is 0.472 e. The lowest BCUT2D eigenvalue weighted by atomic mass is 9.84. The summed E-state index contributed by atoms with van der Waals surface area (Å²) in [6, 6.07) is 0.528. The molecule has 1 aromatic carbocycles. The molecule has 28 nitrogen and oxygen atoms in total. The van der Waals surface area contributed by atoms with E-state index in [0.29, 0.717) is 12.8 Å². The van der Waals surface area contributed by atoms with Crippen LogP contribution in [0.2, 0.25) is 0 Å². The first kappa shape index (κ1) is 75.5. The zero-order valence-corrected chi connectivity index (χ0v) is 52.4. The Hall–Kier alpha value is -2.98. The van der Waals surface area contributed by atoms with E-state index in [1.54, 1.807) is 22.6 Å². The van der Waals surface area contributed by atoms with Crippen LogP contribution in [0.15, 0.2) is 17.2 Å². The van der Waals surface area contributed by atoms with Crippen molar-refractivity contribution < 1.29 is 112 Å². The summed E-state index contributed by atoms with van der Waals surface area (Å²) in [5.41, 5.74) is 15.0. The number of phenols is 1. The number of rotatable bonds is 41. The van der Waals surface area contributed by atoms with E-state index < -0.39 is 162 Å². The Labute approximate surface area is 516 Å². The number of phosphoric ester groups is 1. The monoisotopic (exact) mass is 1360 g/mol. The van der Waals surface area contributed by atoms with Crippen LogP contribution in [-0.2, 0) is 51.6 Å². The number of phenolic OH excluding ortho intramolecular Hbond substituents is 1. The molecule has 3 fully saturated rings. The lowest BCUT2D eigenvalue weighted by Gasteiger charge is -2.49. The van der Waals surface area contributed by atoms with Crippen LogP contribution >= 0.6 is 30.4 Å². The second-order valence-corrected chi connectivity index (χ2v) is 24.9. The molecule has 1 aliphatic carbocycles. The van der Waals surface area contributed by atoms with E-state index in [0.717, 1.165) is 70.3 Å². The number of unbranched alkanes of at least 4 members (excludes halogenated alkanes) is 20. The van der Waals surface area contributed by atoms with Crippen LogP contribution in [0.1, 0.15) is 178 Å². The van der Waals surface area contributed by atoms with Gasteiger partial charge in [-0.2, -0.15) is 0 Å². The Balaban J connectivity index is 1.49. The SMILES string of the molecule is CCCCCCCCCCCCCC(=O)OC[C@H](COP(=O)(O)O[C@@H]1[C@H](O)[C@H](O)[C@@H](O)[C@H](O)[C@H]1O[C@H]1O[C@H](CNC(=O)c2ccc(N=[N+]=[N-])c(I)c2O)[C@@H](O[C@H]2O[C@H](CO)[C@@H](O)[C@H](O)[C@@H]2O)[C@H](O)[C@H]1N)OC(=O)CCCCCCCCCCCCC. The number of halogens is 1. The van der Waals surface area contributed by atoms with Gasteiger partial charge in [-0.05, 0) is 47.0 Å². The van der Waals surface area contributed by atoms with Gasteiger partial charge in [0.1, 0.15) is 91.7 Å². The van der Waals surface area contributed by atoms with Crippen molar-refractivity contribution in [2.75, 3.05) is 26.4 Å². The number of phosphoric acid groups is 1. The normalized spacial score (nSPS) is 29.6. The third kappa shape index (κ3) is 24.3. The highest BCUT2D eigenvalue weighted by Gasteiger charge is 2.56. The van der Waals surface area contributed by atoms with E-state index in [1.807, 2.05) is 0 Å². The van der Waals surface area contributed by atoms with Crippen LogP contribution in [-0.4, -0.2) is 204 Å². The van der Waals surface area contributed by atoms with Crippen molar-refractivity contribution in [1.29, 1.82) is 0 Å². The third-order valence-corrected chi connectivity index (χ3v) is 17.6. The largest absolute Gasteiger partial charge is 0.506 e. The van der Waals surface area contributed by atoms with E-state index in [9.17, 15) is 74.9 Å². The summed E-state index contributed by atoms with van der Waals surface area (Å²) in [6.45, 7) is 1.25. The van der Waals surface area contributed by atoms with Gasteiger partial charge in [0.15, 0.2) is 18.7 Å². The van der Waals surface area contributed by atoms with Gasteiger partial charge in [-0.1, -0.05) is 153 Å². The molecule has 86 heavy (non-hydrogen) atoms. The standard InChI is InChI=1S/C56H95IN5O23P/c1-3-5-7-9-11-13-15-17-19-21-23-25-38(64)78-31-33(80-39(65)26-24-22-20-18-16-14-12-10-8-6-4-2)32-79-86(76,77)85-53-49(73)47(71)46(70)48(72)52(53)84-55-41(58)44(68)51(83-56-50(74)45(69)43(67)37(30-63)82-56)36(81-55)29-60-54(75)34-27-28-35(61-62-59)40(57)42(34)66/h27-28,33,36-37,41,43-53,55-56,63,66-74H,3-26,29-32,58H2,1-2H3,(H,60,75)(H,76,77)/t33-,36-,37-,41-,43-,44-,45+,46-,47-,48+,49-,50+,51-,52-,53-,55-,56-/m1/s1. The molecule has 2 heterocycles. The van der Waals surface area contributed by atoms with Gasteiger partial charge in [-0.3, -0.25) is 23.4 Å². The Morgan fingerprint density at radius 1 is 0.663 bits per heavy atom. The third-order valence-electron chi connectivity index (χ3n) is 15.5. The Bertz CT molecular complexity index is 2260. The molecule has 2 aliphatic heterocycles. The molecule has 0 aromatic heterocycles. The fourth-order valence-corrected chi connectivity index (χ4v) is 11.9. The van der Waals surface area contributed by atoms with Gasteiger partial charge in [0, 0.05) is 24.3 Å². The first-order chi connectivity index (χ1) is 41.1. The number of ether oxygens (including phenoxy) is 6. The Morgan fingerprint density at radius 3 is 1.69 bits per heavy atom. The predicted molar refractivity (Wildman–Crippen MR) is 316 cm³/mol. The van der Waals surface area contributed by atoms with Crippen LogP contribution in [0.25, 0.3) is 10.4 Å². The van der Waals surface area contributed by atoms with Crippen molar-refractivity contribution in [1.82, 2.24) is 5.32 Å². The summed E-state index contributed by atoms with van der Waals surface area (Å²) < 4.78 is 58.9. The number of nitrogens with two attached hydrogens (primary N) is 1. The zero-order chi connectivity index (χ0) is 63.3. The first-order valence-electron chi connectivity index (χ1n) is 30.4. The molecular formula is C56H95IN5O23P. The van der Waals surface area contributed by atoms with Gasteiger partial charge < -0.3 is 95.4 Å². The summed E-state index contributed by atoms with van der Waals surface area (Å²) in [5, 5.41) is 114. The minimum absolute atomic E-state index is 0.00483. The molecule has 1 unspecified atom stereocenters. The second kappa shape index (κ2) is 40.0. The molecule has 14 N–H and O–H groups in total. The van der Waals surface area contributed by atoms with Crippen molar-refractivity contribution in [3.63, 3.8) is 0 Å². The van der Waals surface area contributed by atoms with Gasteiger partial charge in [0.2, 0.25) is 0 Å². The van der Waals surface area contributed by atoms with E-state index >= 15 is 0 Å². The van der Waals surface area contributed by atoms with Crippen LogP contribution in [0.4, 0.5) is 5.69 Å². The molecule has 18 atom stereocenters. The number of hydrogen-bond donors (Lipinski definition) is 13. The van der Waals surface area contributed by atoms with Gasteiger partial charge in [0.05, 0.1) is 34.1 Å². The van der Waals surface area contributed by atoms with Gasteiger partial charge in [-0.15, -0.1) is 0 Å². The number of esters is 2. The number of aliphatic hydroxyl groups excluding tert-OH is 9. The van der Waals surface area contributed by atoms with Crippen LogP contribution in [0.5, 0.6) is 5.75 Å². The molecule has 0 radical (unpaired) electrons. The highest BCUT2D eigenvalue weighted by molar-refractivity contribution is 14.1.